The molecule has 5 unspecified atom stereocenters. The SMILES string of the molecule is CCC(C)C(NC(=O)C(CO)NC(=O)C(C)N)C(=O)NC(Cc1ccc(O)cc1)C(=O)O. The van der Waals surface area contributed by atoms with Gasteiger partial charge in [-0.05, 0) is 30.5 Å². The molecule has 0 radical (unpaired) electrons. The topological polar surface area (TPSA) is 191 Å². The minimum atomic E-state index is -1.32. The summed E-state index contributed by atoms with van der Waals surface area (Å²) in [5, 5.41) is 35.6. The van der Waals surface area contributed by atoms with Crippen molar-refractivity contribution in [2.75, 3.05) is 6.61 Å². The Morgan fingerprint density at radius 2 is 1.50 bits per heavy atom. The Morgan fingerprint density at radius 1 is 0.938 bits per heavy atom. The fraction of sp³-hybridized carbons (Fsp3) is 0.524. The zero-order chi connectivity index (χ0) is 24.4. The number of aliphatic hydroxyl groups is 1. The van der Waals surface area contributed by atoms with Gasteiger partial charge < -0.3 is 37.0 Å². The Bertz CT molecular complexity index is 798. The average Bonchev–Trinajstić information content (AvgIpc) is 2.75. The number of carboxylic acids is 1. The fourth-order valence-electron chi connectivity index (χ4n) is 2.78. The number of benzene rings is 1. The summed E-state index contributed by atoms with van der Waals surface area (Å²) in [6.45, 7) is 4.20. The van der Waals surface area contributed by atoms with Crippen molar-refractivity contribution in [1.82, 2.24) is 16.0 Å². The van der Waals surface area contributed by atoms with Crippen LogP contribution in [0.25, 0.3) is 0 Å². The van der Waals surface area contributed by atoms with Crippen molar-refractivity contribution < 1.29 is 34.5 Å². The predicted molar refractivity (Wildman–Crippen MR) is 115 cm³/mol. The van der Waals surface area contributed by atoms with Crippen molar-refractivity contribution >= 4 is 23.7 Å². The number of carbonyl (C=O) groups excluding carboxylic acids is 3. The van der Waals surface area contributed by atoms with Crippen LogP contribution in [0.1, 0.15) is 32.8 Å². The minimum Gasteiger partial charge on any atom is -0.508 e. The number of nitrogens with one attached hydrogen (secondary N) is 3. The second kappa shape index (κ2) is 12.6. The van der Waals surface area contributed by atoms with Gasteiger partial charge in [-0.15, -0.1) is 0 Å². The van der Waals surface area contributed by atoms with E-state index in [4.69, 9.17) is 5.73 Å². The smallest absolute Gasteiger partial charge is 0.326 e. The normalized spacial score (nSPS) is 15.5. The van der Waals surface area contributed by atoms with Crippen LogP contribution in [0, 0.1) is 5.92 Å². The summed E-state index contributed by atoms with van der Waals surface area (Å²) in [4.78, 5) is 48.9. The molecule has 8 N–H and O–H groups in total. The molecule has 0 aromatic heterocycles. The maximum Gasteiger partial charge on any atom is 0.326 e. The van der Waals surface area contributed by atoms with Crippen molar-refractivity contribution in [1.29, 1.82) is 0 Å². The molecule has 0 aliphatic carbocycles. The van der Waals surface area contributed by atoms with Gasteiger partial charge in [-0.25, -0.2) is 4.79 Å². The molecular weight excluding hydrogens is 420 g/mol. The lowest BCUT2D eigenvalue weighted by molar-refractivity contribution is -0.142. The molecule has 5 atom stereocenters. The number of aliphatic carboxylic acids is 1. The standard InChI is InChI=1S/C21H32N4O7/c1-4-11(2)17(25-19(29)16(10-26)24-18(28)12(3)22)20(30)23-15(21(31)32)9-13-5-7-14(27)8-6-13/h5-8,11-12,15-17,26-27H,4,9-10,22H2,1-3H3,(H,23,30)(H,24,28)(H,25,29)(H,31,32). The van der Waals surface area contributed by atoms with Gasteiger partial charge in [-0.3, -0.25) is 14.4 Å². The zero-order valence-electron chi connectivity index (χ0n) is 18.4. The number of phenols is 1. The Hall–Kier alpha value is -3.18. The summed E-state index contributed by atoms with van der Waals surface area (Å²) in [5.74, 6) is -3.77. The quantitative estimate of drug-likeness (QED) is 0.207. The molecule has 32 heavy (non-hydrogen) atoms. The number of amides is 3. The van der Waals surface area contributed by atoms with E-state index in [0.717, 1.165) is 0 Å². The van der Waals surface area contributed by atoms with Crippen LogP contribution in [-0.2, 0) is 25.6 Å². The summed E-state index contributed by atoms with van der Waals surface area (Å²) in [6, 6.07) is 1.30. The average molecular weight is 453 g/mol. The number of hydrogen-bond acceptors (Lipinski definition) is 7. The molecule has 11 nitrogen and oxygen atoms in total. The molecular formula is C21H32N4O7. The van der Waals surface area contributed by atoms with E-state index < -0.39 is 54.5 Å². The van der Waals surface area contributed by atoms with Gasteiger partial charge in [-0.1, -0.05) is 32.4 Å². The van der Waals surface area contributed by atoms with E-state index in [9.17, 15) is 34.5 Å². The summed E-state index contributed by atoms with van der Waals surface area (Å²) >= 11 is 0. The molecule has 3 amide bonds. The van der Waals surface area contributed by atoms with E-state index >= 15 is 0 Å². The lowest BCUT2D eigenvalue weighted by Gasteiger charge is -2.27. The van der Waals surface area contributed by atoms with Gasteiger partial charge in [0.05, 0.1) is 12.6 Å². The molecule has 0 aliphatic heterocycles. The molecule has 0 saturated heterocycles. The third-order valence-electron chi connectivity index (χ3n) is 5.01. The molecule has 0 bridgehead atoms. The Morgan fingerprint density at radius 3 is 1.97 bits per heavy atom. The first-order chi connectivity index (χ1) is 15.0. The van der Waals surface area contributed by atoms with E-state index in [1.54, 1.807) is 26.0 Å². The molecule has 1 aromatic rings. The van der Waals surface area contributed by atoms with E-state index in [0.29, 0.717) is 12.0 Å². The van der Waals surface area contributed by atoms with Crippen molar-refractivity contribution in [3.8, 4) is 5.75 Å². The van der Waals surface area contributed by atoms with E-state index in [1.165, 1.54) is 19.1 Å². The lowest BCUT2D eigenvalue weighted by atomic mass is 9.97. The zero-order valence-corrected chi connectivity index (χ0v) is 18.4. The van der Waals surface area contributed by atoms with Crippen LogP contribution in [0.4, 0.5) is 0 Å². The first-order valence-corrected chi connectivity index (χ1v) is 10.3. The number of phenolic OH excluding ortho intramolecular Hbond substituents is 1. The Kier molecular flexibility index (Phi) is 10.6. The largest absolute Gasteiger partial charge is 0.508 e. The fourth-order valence-corrected chi connectivity index (χ4v) is 2.78. The van der Waals surface area contributed by atoms with Crippen LogP contribution < -0.4 is 21.7 Å². The molecule has 1 aromatic carbocycles. The van der Waals surface area contributed by atoms with Crippen LogP contribution in [0.5, 0.6) is 5.75 Å². The minimum absolute atomic E-state index is 0.0266. The van der Waals surface area contributed by atoms with E-state index in [1.807, 2.05) is 0 Å². The molecule has 0 saturated carbocycles. The molecule has 0 heterocycles. The van der Waals surface area contributed by atoms with Gasteiger partial charge in [0, 0.05) is 6.42 Å². The lowest BCUT2D eigenvalue weighted by Crippen LogP contribution is -2.59. The molecule has 178 valence electrons. The van der Waals surface area contributed by atoms with Crippen molar-refractivity contribution in [3.63, 3.8) is 0 Å². The van der Waals surface area contributed by atoms with Gasteiger partial charge in [0.2, 0.25) is 17.7 Å². The van der Waals surface area contributed by atoms with E-state index in [-0.39, 0.29) is 18.1 Å². The van der Waals surface area contributed by atoms with E-state index in [2.05, 4.69) is 16.0 Å². The van der Waals surface area contributed by atoms with Crippen molar-refractivity contribution in [2.45, 2.75) is 57.8 Å². The maximum atomic E-state index is 12.9. The summed E-state index contributed by atoms with van der Waals surface area (Å²) < 4.78 is 0. The van der Waals surface area contributed by atoms with Gasteiger partial charge in [0.1, 0.15) is 23.9 Å². The number of carbonyl (C=O) groups is 4. The number of aromatic hydroxyl groups is 1. The van der Waals surface area contributed by atoms with Gasteiger partial charge in [0.15, 0.2) is 0 Å². The van der Waals surface area contributed by atoms with Crippen LogP contribution >= 0.6 is 0 Å². The number of aliphatic hydroxyl groups excluding tert-OH is 1. The van der Waals surface area contributed by atoms with Crippen LogP contribution in [0.2, 0.25) is 0 Å². The molecule has 0 fully saturated rings. The molecule has 11 heteroatoms. The highest BCUT2D eigenvalue weighted by molar-refractivity contribution is 5.94. The highest BCUT2D eigenvalue weighted by atomic mass is 16.4. The van der Waals surface area contributed by atoms with Crippen molar-refractivity contribution in [3.05, 3.63) is 29.8 Å². The predicted octanol–water partition coefficient (Wildman–Crippen LogP) is -1.14. The maximum absolute atomic E-state index is 12.9. The summed E-state index contributed by atoms with van der Waals surface area (Å²) in [6.07, 6.45) is 0.455. The molecule has 0 aliphatic rings. The highest BCUT2D eigenvalue weighted by Gasteiger charge is 2.32. The number of rotatable bonds is 12. The number of carboxylic acid groups (broad SMARTS) is 1. The Labute approximate surface area is 186 Å². The van der Waals surface area contributed by atoms with Crippen molar-refractivity contribution in [2.24, 2.45) is 11.7 Å². The van der Waals surface area contributed by atoms with Gasteiger partial charge in [0.25, 0.3) is 0 Å². The molecule has 0 spiro atoms. The van der Waals surface area contributed by atoms with Gasteiger partial charge in [-0.2, -0.15) is 0 Å². The third kappa shape index (κ3) is 8.16. The second-order valence-corrected chi connectivity index (χ2v) is 7.67. The molecule has 1 rings (SSSR count). The third-order valence-corrected chi connectivity index (χ3v) is 5.01. The van der Waals surface area contributed by atoms with Crippen LogP contribution in [-0.4, -0.2) is 69.8 Å². The number of hydrogen-bond donors (Lipinski definition) is 7. The van der Waals surface area contributed by atoms with Crippen LogP contribution in [0.3, 0.4) is 0 Å². The summed E-state index contributed by atoms with van der Waals surface area (Å²) in [7, 11) is 0. The van der Waals surface area contributed by atoms with Gasteiger partial charge >= 0.3 is 5.97 Å². The first-order valence-electron chi connectivity index (χ1n) is 10.3. The monoisotopic (exact) mass is 452 g/mol. The number of nitrogens with two attached hydrogens (primary N) is 1. The first kappa shape index (κ1) is 26.9. The second-order valence-electron chi connectivity index (χ2n) is 7.67. The summed E-state index contributed by atoms with van der Waals surface area (Å²) in [5.41, 5.74) is 6.04. The Balaban J connectivity index is 2.95. The highest BCUT2D eigenvalue weighted by Crippen LogP contribution is 2.13. The van der Waals surface area contributed by atoms with Crippen LogP contribution in [0.15, 0.2) is 24.3 Å².